The van der Waals surface area contributed by atoms with Crippen LogP contribution in [0.5, 0.6) is 0 Å². The molecule has 1 aromatic rings. The molecule has 3 rings (SSSR count). The van der Waals surface area contributed by atoms with Crippen molar-refractivity contribution in [3.8, 4) is 0 Å². The van der Waals surface area contributed by atoms with Crippen LogP contribution in [0.1, 0.15) is 37.8 Å². The van der Waals surface area contributed by atoms with Crippen LogP contribution in [0.2, 0.25) is 0 Å². The van der Waals surface area contributed by atoms with E-state index in [2.05, 4.69) is 9.80 Å². The lowest BCUT2D eigenvalue weighted by molar-refractivity contribution is 0.260. The average Bonchev–Trinajstić information content (AvgIpc) is 3.09. The molecule has 2 heterocycles. The highest BCUT2D eigenvalue weighted by Gasteiger charge is 2.30. The molecule has 4 heteroatoms. The summed E-state index contributed by atoms with van der Waals surface area (Å²) in [6.07, 6.45) is 3.82. The lowest BCUT2D eigenvalue weighted by Gasteiger charge is -2.26. The topological polar surface area (TPSA) is 32.5 Å². The summed E-state index contributed by atoms with van der Waals surface area (Å²) < 4.78 is 14.0. The first-order valence-electron chi connectivity index (χ1n) is 7.70. The number of hydrogen-bond acceptors (Lipinski definition) is 3. The molecule has 0 saturated carbocycles. The van der Waals surface area contributed by atoms with E-state index in [4.69, 9.17) is 5.73 Å². The Morgan fingerprint density at radius 2 is 2.00 bits per heavy atom. The number of benzene rings is 1. The molecule has 2 N–H and O–H groups in total. The number of nitrogens with zero attached hydrogens (tertiary/aromatic N) is 2. The Hall–Kier alpha value is -1.13. The molecule has 3 nitrogen and oxygen atoms in total. The fraction of sp³-hybridized carbons (Fsp3) is 0.625. The highest BCUT2D eigenvalue weighted by molar-refractivity contribution is 5.56. The Balaban J connectivity index is 1.79. The molecule has 110 valence electrons. The van der Waals surface area contributed by atoms with E-state index in [0.29, 0.717) is 11.6 Å². The van der Waals surface area contributed by atoms with Gasteiger partial charge in [0.25, 0.3) is 0 Å². The van der Waals surface area contributed by atoms with Gasteiger partial charge in [-0.25, -0.2) is 4.39 Å². The van der Waals surface area contributed by atoms with E-state index in [1.54, 1.807) is 6.07 Å². The average molecular weight is 277 g/mol. The molecule has 0 radical (unpaired) electrons. The molecular weight excluding hydrogens is 253 g/mol. The second-order valence-corrected chi connectivity index (χ2v) is 6.09. The maximum Gasteiger partial charge on any atom is 0.130 e. The summed E-state index contributed by atoms with van der Waals surface area (Å²) in [4.78, 5) is 4.90. The number of halogens is 1. The van der Waals surface area contributed by atoms with E-state index >= 15 is 0 Å². The lowest BCUT2D eigenvalue weighted by atomic mass is 10.1. The zero-order valence-electron chi connectivity index (χ0n) is 12.2. The van der Waals surface area contributed by atoms with Crippen molar-refractivity contribution in [2.45, 2.75) is 38.3 Å². The van der Waals surface area contributed by atoms with E-state index in [0.717, 1.165) is 18.8 Å². The van der Waals surface area contributed by atoms with E-state index in [-0.39, 0.29) is 11.9 Å². The van der Waals surface area contributed by atoms with Crippen molar-refractivity contribution < 1.29 is 4.39 Å². The molecule has 0 spiro atoms. The first-order chi connectivity index (χ1) is 9.66. The van der Waals surface area contributed by atoms with Crippen LogP contribution in [-0.4, -0.2) is 37.1 Å². The number of hydrogen-bond donors (Lipinski definition) is 1. The van der Waals surface area contributed by atoms with Crippen molar-refractivity contribution in [3.05, 3.63) is 29.6 Å². The van der Waals surface area contributed by atoms with Gasteiger partial charge in [0.2, 0.25) is 0 Å². The van der Waals surface area contributed by atoms with Crippen molar-refractivity contribution in [1.82, 2.24) is 4.90 Å². The van der Waals surface area contributed by atoms with Crippen LogP contribution in [0.15, 0.2) is 18.2 Å². The zero-order valence-corrected chi connectivity index (χ0v) is 12.2. The second kappa shape index (κ2) is 5.70. The minimum atomic E-state index is -0.267. The fourth-order valence-corrected chi connectivity index (χ4v) is 3.62. The van der Waals surface area contributed by atoms with Gasteiger partial charge in [-0.05, 0) is 51.4 Å². The van der Waals surface area contributed by atoms with Gasteiger partial charge in [-0.2, -0.15) is 0 Å². The van der Waals surface area contributed by atoms with Gasteiger partial charge in [0.15, 0.2) is 0 Å². The number of anilines is 1. The van der Waals surface area contributed by atoms with Crippen LogP contribution < -0.4 is 10.6 Å². The largest absolute Gasteiger partial charge is 0.370 e. The third-order valence-electron chi connectivity index (χ3n) is 4.65. The first-order valence-corrected chi connectivity index (χ1v) is 7.70. The molecule has 2 aliphatic rings. The summed E-state index contributed by atoms with van der Waals surface area (Å²) in [6, 6.07) is 5.67. The Labute approximate surface area is 120 Å². The predicted octanol–water partition coefficient (Wildman–Crippen LogP) is 2.52. The van der Waals surface area contributed by atoms with Gasteiger partial charge in [-0.1, -0.05) is 6.07 Å². The molecule has 20 heavy (non-hydrogen) atoms. The molecule has 2 atom stereocenters. The molecule has 1 unspecified atom stereocenters. The van der Waals surface area contributed by atoms with Gasteiger partial charge in [0, 0.05) is 36.4 Å². The molecule has 0 bridgehead atoms. The van der Waals surface area contributed by atoms with Gasteiger partial charge in [0.1, 0.15) is 5.82 Å². The first kappa shape index (κ1) is 13.8. The quantitative estimate of drug-likeness (QED) is 0.921. The Morgan fingerprint density at radius 1 is 1.25 bits per heavy atom. The maximum absolute atomic E-state index is 14.0. The van der Waals surface area contributed by atoms with Crippen molar-refractivity contribution in [1.29, 1.82) is 0 Å². The van der Waals surface area contributed by atoms with Crippen LogP contribution in [-0.2, 0) is 0 Å². The van der Waals surface area contributed by atoms with Crippen LogP contribution in [0, 0.1) is 5.82 Å². The number of likely N-dealkylation sites (tertiary alicyclic amines) is 1. The smallest absolute Gasteiger partial charge is 0.130 e. The van der Waals surface area contributed by atoms with Gasteiger partial charge in [0.05, 0.1) is 0 Å². The standard InChI is InChI=1S/C16H24FN3/c1-12(18)16-14(17)5-4-6-15(16)20-10-7-13(11-20)19-8-2-3-9-19/h4-6,12-13H,2-3,7-11,18H2,1H3/t12-,13?/m1/s1. The van der Waals surface area contributed by atoms with E-state index in [1.807, 2.05) is 13.0 Å². The van der Waals surface area contributed by atoms with Crippen LogP contribution >= 0.6 is 0 Å². The van der Waals surface area contributed by atoms with Crippen molar-refractivity contribution >= 4 is 5.69 Å². The molecule has 1 aromatic carbocycles. The number of rotatable bonds is 3. The van der Waals surface area contributed by atoms with Crippen LogP contribution in [0.25, 0.3) is 0 Å². The third-order valence-corrected chi connectivity index (χ3v) is 4.65. The molecule has 0 amide bonds. The SMILES string of the molecule is C[C@@H](N)c1c(F)cccc1N1CCC(N2CCCC2)C1. The Morgan fingerprint density at radius 3 is 2.70 bits per heavy atom. The van der Waals surface area contributed by atoms with Gasteiger partial charge < -0.3 is 10.6 Å². The van der Waals surface area contributed by atoms with Crippen molar-refractivity contribution in [2.75, 3.05) is 31.1 Å². The molecule has 0 aliphatic carbocycles. The van der Waals surface area contributed by atoms with E-state index in [9.17, 15) is 4.39 Å². The van der Waals surface area contributed by atoms with Gasteiger partial charge >= 0.3 is 0 Å². The summed E-state index contributed by atoms with van der Waals surface area (Å²) in [6.45, 7) is 6.31. The van der Waals surface area contributed by atoms with E-state index in [1.165, 1.54) is 38.4 Å². The summed E-state index contributed by atoms with van der Waals surface area (Å²) in [5.41, 5.74) is 7.61. The summed E-state index contributed by atoms with van der Waals surface area (Å²) in [7, 11) is 0. The third kappa shape index (κ3) is 2.54. The second-order valence-electron chi connectivity index (χ2n) is 6.09. The fourth-order valence-electron chi connectivity index (χ4n) is 3.62. The highest BCUT2D eigenvalue weighted by Crippen LogP contribution is 2.31. The highest BCUT2D eigenvalue weighted by atomic mass is 19.1. The molecular formula is C16H24FN3. The Bertz CT molecular complexity index is 469. The van der Waals surface area contributed by atoms with Crippen LogP contribution in [0.4, 0.5) is 10.1 Å². The lowest BCUT2D eigenvalue weighted by Crippen LogP contribution is -2.35. The molecule has 2 fully saturated rings. The van der Waals surface area contributed by atoms with E-state index < -0.39 is 0 Å². The molecule has 0 aromatic heterocycles. The maximum atomic E-state index is 14.0. The summed E-state index contributed by atoms with van der Waals surface area (Å²) in [5, 5.41) is 0. The summed E-state index contributed by atoms with van der Waals surface area (Å²) >= 11 is 0. The summed E-state index contributed by atoms with van der Waals surface area (Å²) in [5.74, 6) is -0.179. The van der Waals surface area contributed by atoms with Gasteiger partial charge in [-0.3, -0.25) is 4.90 Å². The zero-order chi connectivity index (χ0) is 14.1. The molecule has 2 saturated heterocycles. The van der Waals surface area contributed by atoms with Crippen molar-refractivity contribution in [3.63, 3.8) is 0 Å². The minimum absolute atomic E-state index is 0.179. The minimum Gasteiger partial charge on any atom is -0.370 e. The van der Waals surface area contributed by atoms with Crippen LogP contribution in [0.3, 0.4) is 0 Å². The number of nitrogens with two attached hydrogens (primary N) is 1. The predicted molar refractivity (Wildman–Crippen MR) is 80.4 cm³/mol. The van der Waals surface area contributed by atoms with Crippen molar-refractivity contribution in [2.24, 2.45) is 5.73 Å². The normalized spacial score (nSPS) is 25.4. The molecule has 2 aliphatic heterocycles. The monoisotopic (exact) mass is 277 g/mol. The van der Waals surface area contributed by atoms with Gasteiger partial charge in [-0.15, -0.1) is 0 Å². The Kier molecular flexibility index (Phi) is 3.94.